The molecule has 1 heterocycles. The number of hydrogen-bond donors (Lipinski definition) is 0. The van der Waals surface area contributed by atoms with Gasteiger partial charge in [-0.05, 0) is 42.5 Å². The topological polar surface area (TPSA) is 6.48 Å². The summed E-state index contributed by atoms with van der Waals surface area (Å²) >= 11 is 0. The van der Waals surface area contributed by atoms with Crippen LogP contribution in [0.2, 0.25) is 0 Å². The van der Waals surface area contributed by atoms with Crippen LogP contribution in [-0.4, -0.2) is 51.9 Å². The quantitative estimate of drug-likeness (QED) is 0.247. The third kappa shape index (κ3) is 5.15. The molecule has 1 saturated heterocycles. The number of rotatable bonds is 10. The van der Waals surface area contributed by atoms with Gasteiger partial charge in [0.1, 0.15) is 0 Å². The van der Waals surface area contributed by atoms with Crippen LogP contribution in [-0.2, 0) is 0 Å². The SMILES string of the molecule is CCCCCC/C(=C/B1N(C)CCN1C)[Si](c1ccccc1)(c1ccccc1)c1ccccc1. The van der Waals surface area contributed by atoms with Crippen molar-refractivity contribution in [3.63, 3.8) is 0 Å². The standard InChI is InChI=1S/C30H39BN2Si/c1-4-5-6-10-23-30(26-31-32(2)24-25-33(31)3)34(27-17-11-7-12-18-27,28-19-13-8-14-20-28)29-21-15-9-16-22-29/h7-9,11-22,26H,4-6,10,23-25H2,1-3H3/b30-26-. The third-order valence-corrected chi connectivity index (χ3v) is 12.4. The van der Waals surface area contributed by atoms with Crippen molar-refractivity contribution in [2.24, 2.45) is 0 Å². The highest BCUT2D eigenvalue weighted by Crippen LogP contribution is 2.25. The van der Waals surface area contributed by atoms with Gasteiger partial charge in [-0.25, -0.2) is 0 Å². The predicted octanol–water partition coefficient (Wildman–Crippen LogP) is 4.50. The molecule has 0 unspecified atom stereocenters. The van der Waals surface area contributed by atoms with Crippen LogP contribution >= 0.6 is 0 Å². The molecule has 1 aliphatic heterocycles. The lowest BCUT2D eigenvalue weighted by molar-refractivity contribution is 0.553. The molecular weight excluding hydrogens is 427 g/mol. The van der Waals surface area contributed by atoms with Crippen LogP contribution in [0, 0.1) is 0 Å². The Hall–Kier alpha value is -2.40. The summed E-state index contributed by atoms with van der Waals surface area (Å²) in [6.45, 7) is 4.90. The maximum atomic E-state index is 2.65. The summed E-state index contributed by atoms with van der Waals surface area (Å²) in [4.78, 5) is 5.01. The van der Waals surface area contributed by atoms with Crippen LogP contribution in [0.3, 0.4) is 0 Å². The summed E-state index contributed by atoms with van der Waals surface area (Å²) in [7, 11) is 2.12. The van der Waals surface area contributed by atoms with E-state index in [0.717, 1.165) is 19.5 Å². The third-order valence-electron chi connectivity index (χ3n) is 7.46. The Morgan fingerprint density at radius 2 is 1.15 bits per heavy atom. The number of likely N-dealkylation sites (N-methyl/N-ethyl adjacent to an activating group) is 2. The van der Waals surface area contributed by atoms with Gasteiger partial charge >= 0.3 is 6.98 Å². The van der Waals surface area contributed by atoms with Crippen molar-refractivity contribution in [2.45, 2.75) is 39.0 Å². The zero-order valence-electron chi connectivity index (χ0n) is 21.2. The van der Waals surface area contributed by atoms with Crippen molar-refractivity contribution in [2.75, 3.05) is 27.2 Å². The molecule has 176 valence electrons. The highest BCUT2D eigenvalue weighted by atomic mass is 28.3. The molecule has 3 aromatic carbocycles. The lowest BCUT2D eigenvalue weighted by atomic mass is 9.74. The Bertz CT molecular complexity index is 933. The van der Waals surface area contributed by atoms with Crippen molar-refractivity contribution in [1.82, 2.24) is 9.62 Å². The molecule has 1 fully saturated rings. The average molecular weight is 467 g/mol. The minimum atomic E-state index is -2.43. The second-order valence-electron chi connectivity index (χ2n) is 9.73. The van der Waals surface area contributed by atoms with Gasteiger partial charge in [-0.1, -0.05) is 128 Å². The van der Waals surface area contributed by atoms with Crippen LogP contribution in [0.15, 0.2) is 102 Å². The second kappa shape index (κ2) is 11.8. The van der Waals surface area contributed by atoms with Crippen LogP contribution in [0.5, 0.6) is 0 Å². The molecule has 0 N–H and O–H groups in total. The van der Waals surface area contributed by atoms with Crippen molar-refractivity contribution in [3.05, 3.63) is 102 Å². The van der Waals surface area contributed by atoms with Crippen molar-refractivity contribution in [3.8, 4) is 0 Å². The predicted molar refractivity (Wildman–Crippen MR) is 152 cm³/mol. The fraction of sp³-hybridized carbons (Fsp3) is 0.333. The second-order valence-corrected chi connectivity index (χ2v) is 13.6. The van der Waals surface area contributed by atoms with Crippen LogP contribution < -0.4 is 15.6 Å². The fourth-order valence-corrected chi connectivity index (χ4v) is 10.8. The molecule has 0 amide bonds. The molecule has 3 aromatic rings. The molecule has 0 saturated carbocycles. The Labute approximate surface area is 208 Å². The largest absolute Gasteiger partial charge is 0.337 e. The fourth-order valence-electron chi connectivity index (χ4n) is 5.61. The van der Waals surface area contributed by atoms with Gasteiger partial charge in [0.25, 0.3) is 0 Å². The van der Waals surface area contributed by atoms with E-state index in [1.165, 1.54) is 41.2 Å². The molecule has 4 rings (SSSR count). The molecular formula is C30H39BN2Si. The van der Waals surface area contributed by atoms with E-state index in [9.17, 15) is 0 Å². The van der Waals surface area contributed by atoms with Gasteiger partial charge in [-0.15, -0.1) is 0 Å². The first kappa shape index (κ1) is 24.7. The Morgan fingerprint density at radius 3 is 1.56 bits per heavy atom. The van der Waals surface area contributed by atoms with E-state index in [1.54, 1.807) is 5.20 Å². The zero-order valence-corrected chi connectivity index (χ0v) is 22.2. The maximum absolute atomic E-state index is 2.65. The van der Waals surface area contributed by atoms with E-state index in [1.807, 2.05) is 0 Å². The van der Waals surface area contributed by atoms with Crippen molar-refractivity contribution in [1.29, 1.82) is 0 Å². The van der Waals surface area contributed by atoms with Crippen molar-refractivity contribution >= 4 is 30.6 Å². The number of benzene rings is 3. The first-order valence-electron chi connectivity index (χ1n) is 13.0. The summed E-state index contributed by atoms with van der Waals surface area (Å²) < 4.78 is 0. The summed E-state index contributed by atoms with van der Waals surface area (Å²) in [5, 5.41) is 6.10. The highest BCUT2D eigenvalue weighted by molar-refractivity contribution is 7.16. The van der Waals surface area contributed by atoms with E-state index in [2.05, 4.69) is 128 Å². The minimum Gasteiger partial charge on any atom is -0.326 e. The van der Waals surface area contributed by atoms with Gasteiger partial charge < -0.3 is 9.62 Å². The molecule has 0 atom stereocenters. The smallest absolute Gasteiger partial charge is 0.326 e. The zero-order chi connectivity index (χ0) is 23.8. The van der Waals surface area contributed by atoms with Gasteiger partial charge in [0.05, 0.1) is 0 Å². The van der Waals surface area contributed by atoms with Crippen molar-refractivity contribution < 1.29 is 0 Å². The Kier molecular flexibility index (Phi) is 8.60. The van der Waals surface area contributed by atoms with Gasteiger partial charge in [0.15, 0.2) is 8.07 Å². The van der Waals surface area contributed by atoms with Gasteiger partial charge in [0, 0.05) is 13.1 Å². The highest BCUT2D eigenvalue weighted by Gasteiger charge is 2.44. The molecule has 0 aliphatic carbocycles. The van der Waals surface area contributed by atoms with E-state index in [0.29, 0.717) is 6.98 Å². The summed E-state index contributed by atoms with van der Waals surface area (Å²) in [6, 6.07) is 34.1. The molecule has 2 nitrogen and oxygen atoms in total. The molecule has 1 aliphatic rings. The summed E-state index contributed by atoms with van der Waals surface area (Å²) in [5.74, 6) is 2.65. The molecule has 4 heteroatoms. The Balaban J connectivity index is 1.98. The first-order valence-corrected chi connectivity index (χ1v) is 15.0. The normalized spacial score (nSPS) is 15.7. The number of unbranched alkanes of at least 4 members (excludes halogenated alkanes) is 3. The van der Waals surface area contributed by atoms with Gasteiger partial charge in [-0.2, -0.15) is 0 Å². The van der Waals surface area contributed by atoms with Crippen LogP contribution in [0.4, 0.5) is 0 Å². The number of hydrogen-bond acceptors (Lipinski definition) is 2. The molecule has 0 spiro atoms. The van der Waals surface area contributed by atoms with E-state index < -0.39 is 8.07 Å². The lowest BCUT2D eigenvalue weighted by Crippen LogP contribution is -2.69. The summed E-state index contributed by atoms with van der Waals surface area (Å²) in [5.41, 5.74) is 0. The summed E-state index contributed by atoms with van der Waals surface area (Å²) in [6.07, 6.45) is 6.29. The number of allylic oxidation sites excluding steroid dienone is 1. The van der Waals surface area contributed by atoms with Gasteiger partial charge in [-0.3, -0.25) is 0 Å². The number of nitrogens with zero attached hydrogens (tertiary/aromatic N) is 2. The molecule has 0 radical (unpaired) electrons. The molecule has 0 bridgehead atoms. The van der Waals surface area contributed by atoms with Crippen LogP contribution in [0.1, 0.15) is 39.0 Å². The van der Waals surface area contributed by atoms with E-state index >= 15 is 0 Å². The Morgan fingerprint density at radius 1 is 0.706 bits per heavy atom. The van der Waals surface area contributed by atoms with E-state index in [-0.39, 0.29) is 0 Å². The lowest BCUT2D eigenvalue weighted by Gasteiger charge is -2.37. The molecule has 0 aromatic heterocycles. The van der Waals surface area contributed by atoms with E-state index in [4.69, 9.17) is 0 Å². The maximum Gasteiger partial charge on any atom is 0.337 e. The first-order chi connectivity index (χ1) is 16.7. The van der Waals surface area contributed by atoms with Crippen LogP contribution in [0.25, 0.3) is 0 Å². The van der Waals surface area contributed by atoms with Gasteiger partial charge in [0.2, 0.25) is 0 Å². The monoisotopic (exact) mass is 466 g/mol. The minimum absolute atomic E-state index is 0.351. The molecule has 34 heavy (non-hydrogen) atoms. The average Bonchev–Trinajstić information content (AvgIpc) is 3.21.